The molecule has 0 unspecified atom stereocenters. The first kappa shape index (κ1) is 44.9. The Labute approximate surface area is 404 Å². The molecule has 12 rings (SSSR count). The largest absolute Gasteiger partial charge is 0.496 e. The van der Waals surface area contributed by atoms with Gasteiger partial charge < -0.3 is 20.1 Å². The van der Waals surface area contributed by atoms with Crippen molar-refractivity contribution in [2.75, 3.05) is 24.9 Å². The van der Waals surface area contributed by atoms with Crippen LogP contribution in [0, 0.1) is 11.6 Å². The van der Waals surface area contributed by atoms with E-state index in [0.717, 1.165) is 85.3 Å². The number of allylic oxidation sites excluding steroid dienone is 2. The predicted molar refractivity (Wildman–Crippen MR) is 266 cm³/mol. The van der Waals surface area contributed by atoms with E-state index in [4.69, 9.17) is 29.4 Å². The summed E-state index contributed by atoms with van der Waals surface area (Å²) in [5.74, 6) is 3.65. The molecule has 0 saturated carbocycles. The fraction of sp³-hybridized carbons (Fsp3) is 0.333. The van der Waals surface area contributed by atoms with Gasteiger partial charge in [0.1, 0.15) is 23.1 Å². The second-order valence-corrected chi connectivity index (χ2v) is 19.2. The van der Waals surface area contributed by atoms with Gasteiger partial charge in [0.05, 0.1) is 39.0 Å². The van der Waals surface area contributed by atoms with Gasteiger partial charge in [-0.1, -0.05) is 63.1 Å². The molecule has 2 atom stereocenters. The van der Waals surface area contributed by atoms with E-state index in [1.54, 1.807) is 35.6 Å². The Hall–Kier alpha value is -7.62. The SMILES string of the molecule is COc1cccc2c1CC1=C2C[C@@H](Nc2nc(-c3cncc(F)c3)nc3c(C(C)C)cnn23)CC1.COc1cccc2c1CC1=C2C[C@H](Nc2nc(-c3cncc(F)c3)nc3c(C(C)C)cnn23)CC1. The number of methoxy groups -OCH3 is 2. The van der Waals surface area contributed by atoms with Crippen LogP contribution in [0.1, 0.15) is 111 Å². The average Bonchev–Trinajstić information content (AvgIpc) is 4.17. The van der Waals surface area contributed by atoms with Crippen molar-refractivity contribution in [3.63, 3.8) is 0 Å². The van der Waals surface area contributed by atoms with Gasteiger partial charge in [-0.25, -0.2) is 18.7 Å². The predicted octanol–water partition coefficient (Wildman–Crippen LogP) is 10.9. The van der Waals surface area contributed by atoms with Crippen LogP contribution < -0.4 is 20.1 Å². The van der Waals surface area contributed by atoms with Crippen molar-refractivity contribution in [3.05, 3.63) is 142 Å². The Kier molecular flexibility index (Phi) is 11.8. The van der Waals surface area contributed by atoms with Crippen LogP contribution in [0.15, 0.2) is 96.9 Å². The van der Waals surface area contributed by atoms with Gasteiger partial charge in [-0.15, -0.1) is 0 Å². The smallest absolute Gasteiger partial charge is 0.228 e. The van der Waals surface area contributed by atoms with Crippen LogP contribution >= 0.6 is 0 Å². The van der Waals surface area contributed by atoms with E-state index in [1.807, 2.05) is 24.5 Å². The van der Waals surface area contributed by atoms with Crippen LogP contribution in [0.4, 0.5) is 20.7 Å². The molecule has 0 spiro atoms. The molecule has 4 aliphatic rings. The lowest BCUT2D eigenvalue weighted by atomic mass is 9.88. The number of hydrogen-bond acceptors (Lipinski definition) is 12. The van der Waals surface area contributed by atoms with Gasteiger partial charge in [-0.05, 0) is 110 Å². The molecule has 2 N–H and O–H groups in total. The van der Waals surface area contributed by atoms with Crippen molar-refractivity contribution in [1.29, 1.82) is 0 Å². The van der Waals surface area contributed by atoms with Crippen molar-refractivity contribution in [1.82, 2.24) is 49.1 Å². The second-order valence-electron chi connectivity index (χ2n) is 19.2. The summed E-state index contributed by atoms with van der Waals surface area (Å²) >= 11 is 0. The Morgan fingerprint density at radius 1 is 0.586 bits per heavy atom. The number of pyridine rings is 2. The normalized spacial score (nSPS) is 17.1. The molecule has 0 radical (unpaired) electrons. The molecule has 4 aliphatic carbocycles. The highest BCUT2D eigenvalue weighted by molar-refractivity contribution is 5.81. The van der Waals surface area contributed by atoms with E-state index in [0.29, 0.717) is 34.7 Å². The van der Waals surface area contributed by atoms with Gasteiger partial charge in [0.2, 0.25) is 11.9 Å². The quantitative estimate of drug-likeness (QED) is 0.134. The van der Waals surface area contributed by atoms with Gasteiger partial charge in [0, 0.05) is 57.9 Å². The molecule has 6 heterocycles. The standard InChI is InChI=1S/2C27H27FN6O/c2*1-15(2)23-14-30-34-26(23)32-25(17-9-18(28)13-29-12-17)33-27(34)31-19-8-7-16-10-22-20(21(16)11-19)5-4-6-24(22)35-3/h2*4-6,9,12-15,19H,7-8,10-11H2,1-3H3,(H,31,32,33)/t2*19-/m10/s1. The van der Waals surface area contributed by atoms with Crippen molar-refractivity contribution < 1.29 is 18.3 Å². The van der Waals surface area contributed by atoms with Crippen LogP contribution in [-0.4, -0.2) is 75.4 Å². The Balaban J connectivity index is 0.000000152. The summed E-state index contributed by atoms with van der Waals surface area (Å²) < 4.78 is 42.6. The first-order chi connectivity index (χ1) is 34.0. The highest BCUT2D eigenvalue weighted by atomic mass is 19.1. The van der Waals surface area contributed by atoms with Gasteiger partial charge in [-0.2, -0.15) is 29.2 Å². The van der Waals surface area contributed by atoms with Crippen LogP contribution in [-0.2, 0) is 12.8 Å². The summed E-state index contributed by atoms with van der Waals surface area (Å²) in [4.78, 5) is 27.0. The Morgan fingerprint density at radius 3 is 1.43 bits per heavy atom. The zero-order valence-corrected chi connectivity index (χ0v) is 40.1. The molecular weight excluding hydrogens is 887 g/mol. The summed E-state index contributed by atoms with van der Waals surface area (Å²) in [6.07, 6.45) is 17.0. The van der Waals surface area contributed by atoms with E-state index in [9.17, 15) is 8.78 Å². The van der Waals surface area contributed by atoms with Crippen molar-refractivity contribution >= 4 is 34.3 Å². The molecule has 0 amide bonds. The number of anilines is 2. The minimum atomic E-state index is -0.417. The third-order valence-electron chi connectivity index (χ3n) is 14.1. The van der Waals surface area contributed by atoms with E-state index in [1.165, 1.54) is 69.1 Å². The number of rotatable bonds is 10. The van der Waals surface area contributed by atoms with E-state index < -0.39 is 11.6 Å². The third-order valence-corrected chi connectivity index (χ3v) is 14.1. The molecule has 0 aliphatic heterocycles. The van der Waals surface area contributed by atoms with Crippen molar-refractivity contribution in [2.24, 2.45) is 0 Å². The van der Waals surface area contributed by atoms with Crippen LogP contribution in [0.25, 0.3) is 45.2 Å². The number of benzene rings is 2. The molecule has 70 heavy (non-hydrogen) atoms. The maximum atomic E-state index is 13.9. The molecule has 0 fully saturated rings. The first-order valence-corrected chi connectivity index (χ1v) is 24.0. The highest BCUT2D eigenvalue weighted by Gasteiger charge is 2.33. The van der Waals surface area contributed by atoms with Crippen LogP contribution in [0.3, 0.4) is 0 Å². The number of aromatic nitrogens is 10. The van der Waals surface area contributed by atoms with Crippen LogP contribution in [0.5, 0.6) is 11.5 Å². The number of hydrogen-bond donors (Lipinski definition) is 2. The van der Waals surface area contributed by atoms with Gasteiger partial charge >= 0.3 is 0 Å². The van der Waals surface area contributed by atoms with Gasteiger partial charge in [-0.3, -0.25) is 9.97 Å². The van der Waals surface area contributed by atoms with E-state index in [-0.39, 0.29) is 23.9 Å². The lowest BCUT2D eigenvalue weighted by Crippen LogP contribution is -2.25. The second kappa shape index (κ2) is 18.4. The molecule has 0 saturated heterocycles. The Bertz CT molecular complexity index is 3170. The number of ether oxygens (including phenoxy) is 2. The number of nitrogens with zero attached hydrogens (tertiary/aromatic N) is 10. The molecule has 0 bridgehead atoms. The monoisotopic (exact) mass is 940 g/mol. The topological polar surface area (TPSA) is 154 Å². The molecule has 16 heteroatoms. The maximum absolute atomic E-state index is 13.9. The number of halogens is 2. The summed E-state index contributed by atoms with van der Waals surface area (Å²) in [5.41, 5.74) is 15.6. The number of nitrogens with one attached hydrogen (secondary N) is 2. The Morgan fingerprint density at radius 2 is 1.03 bits per heavy atom. The van der Waals surface area contributed by atoms with Crippen molar-refractivity contribution in [3.8, 4) is 34.3 Å². The zero-order valence-electron chi connectivity index (χ0n) is 40.1. The summed E-state index contributed by atoms with van der Waals surface area (Å²) in [5, 5.41) is 16.5. The molecule has 8 aromatic rings. The molecule has 14 nitrogen and oxygen atoms in total. The highest BCUT2D eigenvalue weighted by Crippen LogP contribution is 2.47. The maximum Gasteiger partial charge on any atom is 0.228 e. The summed E-state index contributed by atoms with van der Waals surface area (Å²) in [6, 6.07) is 15.8. The summed E-state index contributed by atoms with van der Waals surface area (Å²) in [7, 11) is 3.47. The lowest BCUT2D eigenvalue weighted by Gasteiger charge is -2.26. The molecular formula is C54H54F2N12O2. The van der Waals surface area contributed by atoms with Crippen molar-refractivity contribution in [2.45, 2.75) is 103 Å². The minimum Gasteiger partial charge on any atom is -0.496 e. The van der Waals surface area contributed by atoms with Gasteiger partial charge in [0.15, 0.2) is 22.9 Å². The number of fused-ring (bicyclic) bond motifs is 6. The molecule has 2 aromatic carbocycles. The molecule has 356 valence electrons. The fourth-order valence-corrected chi connectivity index (χ4v) is 10.6. The summed E-state index contributed by atoms with van der Waals surface area (Å²) in [6.45, 7) is 8.43. The van der Waals surface area contributed by atoms with E-state index >= 15 is 0 Å². The van der Waals surface area contributed by atoms with Gasteiger partial charge in [0.25, 0.3) is 0 Å². The fourth-order valence-electron chi connectivity index (χ4n) is 10.6. The molecule has 6 aromatic heterocycles. The van der Waals surface area contributed by atoms with E-state index in [2.05, 4.69) is 82.8 Å². The third kappa shape index (κ3) is 8.28. The minimum absolute atomic E-state index is 0.189. The zero-order chi connectivity index (χ0) is 48.2. The lowest BCUT2D eigenvalue weighted by molar-refractivity contribution is 0.410. The average molecular weight is 941 g/mol. The first-order valence-electron chi connectivity index (χ1n) is 24.0. The van der Waals surface area contributed by atoms with Crippen LogP contribution in [0.2, 0.25) is 0 Å².